The van der Waals surface area contributed by atoms with E-state index in [0.717, 1.165) is 0 Å². The van der Waals surface area contributed by atoms with Crippen LogP contribution in [0.15, 0.2) is 59.5 Å². The van der Waals surface area contributed by atoms with Gasteiger partial charge < -0.3 is 5.84 Å². The van der Waals surface area contributed by atoms with Gasteiger partial charge in [0, 0.05) is 18.0 Å². The van der Waals surface area contributed by atoms with E-state index < -0.39 is 10.0 Å². The molecule has 0 unspecified atom stereocenters. The Bertz CT molecular complexity index is 1010. The fraction of sp³-hybridized carbons (Fsp3) is 0.125. The van der Waals surface area contributed by atoms with E-state index in [1.54, 1.807) is 54.6 Å². The van der Waals surface area contributed by atoms with Crippen molar-refractivity contribution in [3.05, 3.63) is 65.4 Å². The third-order valence-electron chi connectivity index (χ3n) is 3.88. The number of hydrogen-bond acceptors (Lipinski definition) is 7. The van der Waals surface area contributed by atoms with E-state index in [1.807, 2.05) is 0 Å². The number of nitrogens with zero attached hydrogens (tertiary/aromatic N) is 4. The van der Waals surface area contributed by atoms with Crippen molar-refractivity contribution in [2.45, 2.75) is 11.3 Å². The van der Waals surface area contributed by atoms with Crippen molar-refractivity contribution < 1.29 is 8.42 Å². The van der Waals surface area contributed by atoms with Crippen molar-refractivity contribution in [2.24, 2.45) is 5.84 Å². The summed E-state index contributed by atoms with van der Waals surface area (Å²) < 4.78 is 28.8. The third kappa shape index (κ3) is 3.97. The van der Waals surface area contributed by atoms with Gasteiger partial charge >= 0.3 is 0 Å². The molecule has 0 amide bonds. The number of nitrogens with two attached hydrogens (primary N) is 2. The molecule has 3 aromatic rings. The van der Waals surface area contributed by atoms with Gasteiger partial charge in [0.25, 0.3) is 16.0 Å². The average Bonchev–Trinajstić information content (AvgIpc) is 3.03. The molecule has 0 atom stereocenters. The number of hydrogen-bond donors (Lipinski definition) is 3. The summed E-state index contributed by atoms with van der Waals surface area (Å²) >= 11 is 5.94. The molecule has 0 fully saturated rings. The van der Waals surface area contributed by atoms with Crippen molar-refractivity contribution in [3.8, 4) is 0 Å². The van der Waals surface area contributed by atoms with Gasteiger partial charge in [-0.15, -0.1) is 10.2 Å². The molecule has 0 radical (unpaired) electrons. The Morgan fingerprint density at radius 2 is 1.74 bits per heavy atom. The standard InChI is InChI=1S/C16H18ClN7O2S/c17-12-6-8-13(9-7-12)23(27(25,26)14-4-2-1-3-5-14)11-10-15-21-22-16(20-18)24(15)19/h1-9H,10-11,18-19H2,(H,20,22). The van der Waals surface area contributed by atoms with Crippen LogP contribution in [0.4, 0.5) is 11.6 Å². The van der Waals surface area contributed by atoms with Crippen LogP contribution in [-0.2, 0) is 16.4 Å². The van der Waals surface area contributed by atoms with E-state index in [9.17, 15) is 8.42 Å². The highest BCUT2D eigenvalue weighted by Gasteiger charge is 2.25. The van der Waals surface area contributed by atoms with Crippen LogP contribution in [0, 0.1) is 0 Å². The predicted molar refractivity (Wildman–Crippen MR) is 104 cm³/mol. The Morgan fingerprint density at radius 1 is 1.07 bits per heavy atom. The molecule has 11 heteroatoms. The van der Waals surface area contributed by atoms with E-state index in [2.05, 4.69) is 15.6 Å². The molecule has 3 rings (SSSR count). The van der Waals surface area contributed by atoms with E-state index in [0.29, 0.717) is 16.5 Å². The molecule has 9 nitrogen and oxygen atoms in total. The topological polar surface area (TPSA) is 132 Å². The molecule has 0 aliphatic rings. The quantitative estimate of drug-likeness (QED) is 0.398. The van der Waals surface area contributed by atoms with Crippen LogP contribution in [0.2, 0.25) is 5.02 Å². The van der Waals surface area contributed by atoms with Gasteiger partial charge in [-0.05, 0) is 36.4 Å². The largest absolute Gasteiger partial charge is 0.335 e. The predicted octanol–water partition coefficient (Wildman–Crippen LogP) is 1.37. The van der Waals surface area contributed by atoms with Crippen molar-refractivity contribution in [3.63, 3.8) is 0 Å². The third-order valence-corrected chi connectivity index (χ3v) is 5.97. The molecule has 27 heavy (non-hydrogen) atoms. The zero-order chi connectivity index (χ0) is 19.4. The summed E-state index contributed by atoms with van der Waals surface area (Å²) in [6.45, 7) is 0.0960. The Morgan fingerprint density at radius 3 is 2.33 bits per heavy atom. The first-order chi connectivity index (χ1) is 12.9. The van der Waals surface area contributed by atoms with Gasteiger partial charge in [0.1, 0.15) is 0 Å². The van der Waals surface area contributed by atoms with E-state index >= 15 is 0 Å². The van der Waals surface area contributed by atoms with Crippen LogP contribution in [-0.4, -0.2) is 29.8 Å². The summed E-state index contributed by atoms with van der Waals surface area (Å²) in [6.07, 6.45) is 0.222. The minimum atomic E-state index is -3.80. The maximum atomic E-state index is 13.2. The van der Waals surface area contributed by atoms with Crippen LogP contribution in [0.1, 0.15) is 5.82 Å². The lowest BCUT2D eigenvalue weighted by atomic mass is 10.3. The minimum absolute atomic E-state index is 0.0960. The molecule has 0 spiro atoms. The van der Waals surface area contributed by atoms with Crippen molar-refractivity contribution in [1.29, 1.82) is 0 Å². The molecule has 0 aliphatic carbocycles. The molecule has 0 saturated carbocycles. The Hall–Kier alpha value is -2.82. The number of halogens is 1. The smallest absolute Gasteiger partial charge is 0.264 e. The van der Waals surface area contributed by atoms with Crippen molar-refractivity contribution in [2.75, 3.05) is 22.1 Å². The molecule has 1 heterocycles. The number of nitrogen functional groups attached to an aromatic ring is 2. The maximum absolute atomic E-state index is 13.2. The minimum Gasteiger partial charge on any atom is -0.335 e. The van der Waals surface area contributed by atoms with Gasteiger partial charge in [0.2, 0.25) is 0 Å². The SMILES string of the molecule is NNc1nnc(CCN(c2ccc(Cl)cc2)S(=O)(=O)c2ccccc2)n1N. The molecular formula is C16H18ClN7O2S. The number of hydrazine groups is 1. The van der Waals surface area contributed by atoms with E-state index in [4.69, 9.17) is 23.3 Å². The molecular weight excluding hydrogens is 390 g/mol. The average molecular weight is 408 g/mol. The molecule has 0 aliphatic heterocycles. The van der Waals surface area contributed by atoms with Crippen LogP contribution < -0.4 is 21.4 Å². The number of aromatic nitrogens is 3. The van der Waals surface area contributed by atoms with E-state index in [1.165, 1.54) is 8.98 Å². The van der Waals surface area contributed by atoms with Gasteiger partial charge in [-0.3, -0.25) is 9.73 Å². The zero-order valence-electron chi connectivity index (χ0n) is 14.2. The monoisotopic (exact) mass is 407 g/mol. The van der Waals surface area contributed by atoms with Crippen LogP contribution in [0.25, 0.3) is 0 Å². The lowest BCUT2D eigenvalue weighted by molar-refractivity contribution is 0.590. The zero-order valence-corrected chi connectivity index (χ0v) is 15.7. The normalized spacial score (nSPS) is 11.3. The fourth-order valence-corrected chi connectivity index (χ4v) is 4.12. The van der Waals surface area contributed by atoms with Crippen LogP contribution in [0.5, 0.6) is 0 Å². The summed E-state index contributed by atoms with van der Waals surface area (Å²) in [5, 5.41) is 8.22. The molecule has 1 aromatic heterocycles. The highest BCUT2D eigenvalue weighted by molar-refractivity contribution is 7.92. The summed E-state index contributed by atoms with van der Waals surface area (Å²) in [7, 11) is -3.80. The Balaban J connectivity index is 1.95. The summed E-state index contributed by atoms with van der Waals surface area (Å²) in [5.41, 5.74) is 2.79. The van der Waals surface area contributed by atoms with Crippen LogP contribution >= 0.6 is 11.6 Å². The first-order valence-electron chi connectivity index (χ1n) is 7.93. The summed E-state index contributed by atoms with van der Waals surface area (Å²) in [6, 6.07) is 14.7. The molecule has 2 aromatic carbocycles. The summed E-state index contributed by atoms with van der Waals surface area (Å²) in [5.74, 6) is 11.7. The van der Waals surface area contributed by atoms with Crippen molar-refractivity contribution >= 4 is 33.3 Å². The van der Waals surface area contributed by atoms with Crippen LogP contribution in [0.3, 0.4) is 0 Å². The lowest BCUT2D eigenvalue weighted by Crippen LogP contribution is -2.34. The Kier molecular flexibility index (Phi) is 5.49. The van der Waals surface area contributed by atoms with Gasteiger partial charge in [0.05, 0.1) is 10.6 Å². The molecule has 0 bridgehead atoms. The van der Waals surface area contributed by atoms with Crippen molar-refractivity contribution in [1.82, 2.24) is 14.9 Å². The molecule has 142 valence electrons. The number of rotatable bonds is 7. The van der Waals surface area contributed by atoms with E-state index in [-0.39, 0.29) is 23.8 Å². The molecule has 0 saturated heterocycles. The van der Waals surface area contributed by atoms with Gasteiger partial charge in [-0.25, -0.2) is 18.9 Å². The Labute approximate surface area is 161 Å². The highest BCUT2D eigenvalue weighted by Crippen LogP contribution is 2.25. The fourth-order valence-electron chi connectivity index (χ4n) is 2.51. The second-order valence-corrected chi connectivity index (χ2v) is 7.87. The van der Waals surface area contributed by atoms with Gasteiger partial charge in [-0.2, -0.15) is 0 Å². The molecule has 5 N–H and O–H groups in total. The number of anilines is 2. The lowest BCUT2D eigenvalue weighted by Gasteiger charge is -2.24. The summed E-state index contributed by atoms with van der Waals surface area (Å²) in [4.78, 5) is 0.179. The highest BCUT2D eigenvalue weighted by atomic mass is 35.5. The number of nitrogens with one attached hydrogen (secondary N) is 1. The number of sulfonamides is 1. The maximum Gasteiger partial charge on any atom is 0.264 e. The van der Waals surface area contributed by atoms with Gasteiger partial charge in [-0.1, -0.05) is 29.8 Å². The number of benzene rings is 2. The van der Waals surface area contributed by atoms with Gasteiger partial charge in [0.15, 0.2) is 5.82 Å². The first kappa shape index (κ1) is 19.0. The second kappa shape index (κ2) is 7.82. The first-order valence-corrected chi connectivity index (χ1v) is 9.74. The second-order valence-electron chi connectivity index (χ2n) is 5.57.